The molecule has 178 valence electrons. The van der Waals surface area contributed by atoms with Gasteiger partial charge in [-0.2, -0.15) is 0 Å². The van der Waals surface area contributed by atoms with Gasteiger partial charge in [-0.05, 0) is 42.5 Å². The Bertz CT molecular complexity index is 1280. The van der Waals surface area contributed by atoms with Crippen molar-refractivity contribution < 1.29 is 17.9 Å². The first-order chi connectivity index (χ1) is 16.3. The number of hydrogen-bond donors (Lipinski definition) is 0. The van der Waals surface area contributed by atoms with E-state index in [1.165, 1.54) is 29.6 Å². The van der Waals surface area contributed by atoms with Crippen LogP contribution in [0.3, 0.4) is 0 Å². The standard InChI is InChI=1S/C25H26ClN3O4S/c1-27(19-8-4-3-5-9-19)34(31,32)20-12-13-21(22(26)18-20)25(30)29-16-14-28(15-17-29)23-10-6-7-11-24(23)33-2/h3-13,18H,14-17H2,1-2H3. The lowest BCUT2D eigenvalue weighted by atomic mass is 10.1. The molecule has 34 heavy (non-hydrogen) atoms. The number of piperazine rings is 1. The molecule has 0 bridgehead atoms. The third-order valence-electron chi connectivity index (χ3n) is 5.94. The van der Waals surface area contributed by atoms with Crippen molar-refractivity contribution in [2.45, 2.75) is 4.90 Å². The molecule has 1 aliphatic heterocycles. The van der Waals surface area contributed by atoms with E-state index in [2.05, 4.69) is 4.90 Å². The van der Waals surface area contributed by atoms with Gasteiger partial charge >= 0.3 is 0 Å². The number of methoxy groups -OCH3 is 1. The van der Waals surface area contributed by atoms with Gasteiger partial charge in [0.25, 0.3) is 15.9 Å². The minimum absolute atomic E-state index is 0.0291. The van der Waals surface area contributed by atoms with E-state index in [9.17, 15) is 13.2 Å². The largest absolute Gasteiger partial charge is 0.495 e. The molecule has 0 aliphatic carbocycles. The topological polar surface area (TPSA) is 70.2 Å². The van der Waals surface area contributed by atoms with Crippen LogP contribution < -0.4 is 13.9 Å². The van der Waals surface area contributed by atoms with Crippen LogP contribution in [0.2, 0.25) is 5.02 Å². The second kappa shape index (κ2) is 9.95. The Balaban J connectivity index is 1.48. The molecule has 0 atom stereocenters. The van der Waals surface area contributed by atoms with Gasteiger partial charge in [-0.25, -0.2) is 8.42 Å². The van der Waals surface area contributed by atoms with Crippen molar-refractivity contribution in [3.8, 4) is 5.75 Å². The summed E-state index contributed by atoms with van der Waals surface area (Å²) in [5.74, 6) is 0.577. The molecule has 7 nitrogen and oxygen atoms in total. The highest BCUT2D eigenvalue weighted by atomic mass is 35.5. The summed E-state index contributed by atoms with van der Waals surface area (Å²) < 4.78 is 32.7. The third kappa shape index (κ3) is 4.69. The number of carbonyl (C=O) groups excluding carboxylic acids is 1. The molecule has 0 saturated carbocycles. The lowest BCUT2D eigenvalue weighted by Crippen LogP contribution is -2.49. The van der Waals surface area contributed by atoms with Crippen LogP contribution in [0.25, 0.3) is 0 Å². The lowest BCUT2D eigenvalue weighted by molar-refractivity contribution is 0.0746. The SMILES string of the molecule is COc1ccccc1N1CCN(C(=O)c2ccc(S(=O)(=O)N(C)c3ccccc3)cc2Cl)CC1. The highest BCUT2D eigenvalue weighted by Gasteiger charge is 2.27. The molecule has 9 heteroatoms. The third-order valence-corrected chi connectivity index (χ3v) is 8.04. The van der Waals surface area contributed by atoms with Crippen molar-refractivity contribution in [2.24, 2.45) is 0 Å². The van der Waals surface area contributed by atoms with Gasteiger partial charge in [0.15, 0.2) is 0 Å². The number of sulfonamides is 1. The Morgan fingerprint density at radius 2 is 1.59 bits per heavy atom. The fourth-order valence-corrected chi connectivity index (χ4v) is 5.52. The molecule has 1 fully saturated rings. The van der Waals surface area contributed by atoms with E-state index in [-0.39, 0.29) is 21.4 Å². The lowest BCUT2D eigenvalue weighted by Gasteiger charge is -2.36. The first-order valence-electron chi connectivity index (χ1n) is 10.8. The molecule has 1 aliphatic rings. The van der Waals surface area contributed by atoms with Crippen LogP contribution in [0.1, 0.15) is 10.4 Å². The van der Waals surface area contributed by atoms with E-state index >= 15 is 0 Å². The first-order valence-corrected chi connectivity index (χ1v) is 12.7. The van der Waals surface area contributed by atoms with Crippen LogP contribution in [0.15, 0.2) is 77.7 Å². The van der Waals surface area contributed by atoms with Crippen molar-refractivity contribution in [2.75, 3.05) is 49.5 Å². The molecule has 3 aromatic rings. The highest BCUT2D eigenvalue weighted by Crippen LogP contribution is 2.30. The summed E-state index contributed by atoms with van der Waals surface area (Å²) in [7, 11) is -0.695. The van der Waals surface area contributed by atoms with Crippen LogP contribution >= 0.6 is 11.6 Å². The summed E-state index contributed by atoms with van der Waals surface area (Å²) in [5.41, 5.74) is 1.81. The second-order valence-corrected chi connectivity index (χ2v) is 10.3. The summed E-state index contributed by atoms with van der Waals surface area (Å²) >= 11 is 6.41. The van der Waals surface area contributed by atoms with Gasteiger partial charge in [0.2, 0.25) is 0 Å². The summed E-state index contributed by atoms with van der Waals surface area (Å²) in [5, 5.41) is 0.111. The minimum atomic E-state index is -3.82. The summed E-state index contributed by atoms with van der Waals surface area (Å²) in [6, 6.07) is 20.8. The van der Waals surface area contributed by atoms with Gasteiger partial charge in [0.1, 0.15) is 5.75 Å². The maximum Gasteiger partial charge on any atom is 0.264 e. The number of halogens is 1. The molecule has 0 radical (unpaired) electrons. The van der Waals surface area contributed by atoms with Crippen molar-refractivity contribution in [3.63, 3.8) is 0 Å². The predicted molar refractivity (Wildman–Crippen MR) is 135 cm³/mol. The number of benzene rings is 3. The normalized spacial score (nSPS) is 14.1. The van der Waals surface area contributed by atoms with E-state index in [1.54, 1.807) is 36.3 Å². The van der Waals surface area contributed by atoms with E-state index < -0.39 is 10.0 Å². The molecule has 0 unspecified atom stereocenters. The van der Waals surface area contributed by atoms with Crippen LogP contribution in [0.5, 0.6) is 5.75 Å². The van der Waals surface area contributed by atoms with Gasteiger partial charge in [-0.3, -0.25) is 9.10 Å². The quantitative estimate of drug-likeness (QED) is 0.510. The zero-order valence-electron chi connectivity index (χ0n) is 19.0. The van der Waals surface area contributed by atoms with E-state index in [0.717, 1.165) is 11.4 Å². The van der Waals surface area contributed by atoms with Gasteiger partial charge in [0.05, 0.1) is 34.0 Å². The molecular formula is C25H26ClN3O4S. The number of hydrogen-bond acceptors (Lipinski definition) is 5. The van der Waals surface area contributed by atoms with Crippen LogP contribution in [-0.2, 0) is 10.0 Å². The summed E-state index contributed by atoms with van der Waals surface area (Å²) in [4.78, 5) is 17.1. The van der Waals surface area contributed by atoms with Crippen molar-refractivity contribution in [1.29, 1.82) is 0 Å². The number of carbonyl (C=O) groups is 1. The molecular weight excluding hydrogens is 474 g/mol. The molecule has 0 aromatic heterocycles. The number of nitrogens with zero attached hydrogens (tertiary/aromatic N) is 3. The van der Waals surface area contributed by atoms with Crippen LogP contribution in [0, 0.1) is 0 Å². The molecule has 3 aromatic carbocycles. The molecule has 1 amide bonds. The smallest absolute Gasteiger partial charge is 0.264 e. The summed E-state index contributed by atoms with van der Waals surface area (Å²) in [6.45, 7) is 2.34. The first kappa shape index (κ1) is 23.9. The molecule has 0 spiro atoms. The highest BCUT2D eigenvalue weighted by molar-refractivity contribution is 7.92. The molecule has 1 heterocycles. The predicted octanol–water partition coefficient (Wildman–Crippen LogP) is 4.14. The fourth-order valence-electron chi connectivity index (χ4n) is 3.98. The number of amides is 1. The monoisotopic (exact) mass is 499 g/mol. The zero-order chi connectivity index (χ0) is 24.3. The Labute approximate surface area is 205 Å². The number of ether oxygens (including phenoxy) is 1. The molecule has 4 rings (SSSR count). The van der Waals surface area contributed by atoms with E-state index in [1.807, 2.05) is 30.3 Å². The molecule has 1 saturated heterocycles. The van der Waals surface area contributed by atoms with Gasteiger partial charge in [0, 0.05) is 33.2 Å². The van der Waals surface area contributed by atoms with Crippen molar-refractivity contribution >= 4 is 38.9 Å². The van der Waals surface area contributed by atoms with Gasteiger partial charge < -0.3 is 14.5 Å². The average Bonchev–Trinajstić information content (AvgIpc) is 2.88. The number of anilines is 2. The Morgan fingerprint density at radius 3 is 2.24 bits per heavy atom. The van der Waals surface area contributed by atoms with Gasteiger partial charge in [-0.15, -0.1) is 0 Å². The zero-order valence-corrected chi connectivity index (χ0v) is 20.6. The Morgan fingerprint density at radius 1 is 0.941 bits per heavy atom. The average molecular weight is 500 g/mol. The Kier molecular flexibility index (Phi) is 7.00. The van der Waals surface area contributed by atoms with E-state index in [0.29, 0.717) is 31.9 Å². The Hall–Kier alpha value is -3.23. The van der Waals surface area contributed by atoms with Crippen molar-refractivity contribution in [1.82, 2.24) is 4.90 Å². The number of para-hydroxylation sites is 3. The number of rotatable bonds is 6. The van der Waals surface area contributed by atoms with Crippen LogP contribution in [-0.4, -0.2) is 59.6 Å². The summed E-state index contributed by atoms with van der Waals surface area (Å²) in [6.07, 6.45) is 0. The van der Waals surface area contributed by atoms with Crippen LogP contribution in [0.4, 0.5) is 11.4 Å². The second-order valence-electron chi connectivity index (χ2n) is 7.90. The maximum atomic E-state index is 13.1. The minimum Gasteiger partial charge on any atom is -0.495 e. The van der Waals surface area contributed by atoms with Gasteiger partial charge in [-0.1, -0.05) is 41.9 Å². The maximum absolute atomic E-state index is 13.1. The fraction of sp³-hybridized carbons (Fsp3) is 0.240. The molecule has 0 N–H and O–H groups in total. The van der Waals surface area contributed by atoms with Crippen molar-refractivity contribution in [3.05, 3.63) is 83.4 Å². The van der Waals surface area contributed by atoms with E-state index in [4.69, 9.17) is 16.3 Å².